The average molecular weight is 329 g/mol. The molecule has 3 rings (SSSR count). The van der Waals surface area contributed by atoms with Gasteiger partial charge in [0, 0.05) is 5.56 Å². The Morgan fingerprint density at radius 3 is 3.00 bits per heavy atom. The lowest BCUT2D eigenvalue weighted by molar-refractivity contribution is 0.100. The predicted molar refractivity (Wildman–Crippen MR) is 88.7 cm³/mol. The van der Waals surface area contributed by atoms with Crippen LogP contribution >= 0.6 is 11.3 Å². The Morgan fingerprint density at radius 2 is 2.30 bits per heavy atom. The largest absolute Gasteiger partial charge is 0.495 e. The highest BCUT2D eigenvalue weighted by molar-refractivity contribution is 7.13. The van der Waals surface area contributed by atoms with E-state index in [1.807, 2.05) is 17.5 Å². The van der Waals surface area contributed by atoms with Crippen LogP contribution in [-0.2, 0) is 6.54 Å². The van der Waals surface area contributed by atoms with Crippen LogP contribution in [-0.4, -0.2) is 18.0 Å². The van der Waals surface area contributed by atoms with Gasteiger partial charge in [-0.05, 0) is 29.6 Å². The smallest absolute Gasteiger partial charge is 0.248 e. The number of thiophene rings is 1. The lowest BCUT2D eigenvalue weighted by Crippen LogP contribution is -2.11. The van der Waals surface area contributed by atoms with Crippen LogP contribution in [0.4, 0.5) is 5.69 Å². The highest BCUT2D eigenvalue weighted by Gasteiger charge is 2.10. The molecule has 2 aromatic heterocycles. The standard InChI is InChI=1S/C16H15N3O3S/c1-21-12-5-4-10(16(17)20)7-11(12)18-9-15-19-8-13(22-15)14-3-2-6-23-14/h2-8,18H,9H2,1H3,(H2,17,20). The first-order chi connectivity index (χ1) is 11.2. The lowest BCUT2D eigenvalue weighted by Gasteiger charge is -2.10. The summed E-state index contributed by atoms with van der Waals surface area (Å²) in [5.41, 5.74) is 6.36. The third-order valence-electron chi connectivity index (χ3n) is 3.23. The fraction of sp³-hybridized carbons (Fsp3) is 0.125. The SMILES string of the molecule is COc1ccc(C(N)=O)cc1NCc1ncc(-c2cccs2)o1. The first-order valence-corrected chi connectivity index (χ1v) is 7.75. The summed E-state index contributed by atoms with van der Waals surface area (Å²) in [6.45, 7) is 0.365. The number of amides is 1. The number of carbonyl (C=O) groups is 1. The first kappa shape index (κ1) is 15.1. The normalized spacial score (nSPS) is 10.5. The van der Waals surface area contributed by atoms with Crippen molar-refractivity contribution in [1.82, 2.24) is 4.98 Å². The zero-order valence-corrected chi connectivity index (χ0v) is 13.2. The number of methoxy groups -OCH3 is 1. The van der Waals surface area contributed by atoms with E-state index in [0.29, 0.717) is 29.4 Å². The quantitative estimate of drug-likeness (QED) is 0.725. The average Bonchev–Trinajstić information content (AvgIpc) is 3.23. The monoisotopic (exact) mass is 329 g/mol. The molecule has 3 aromatic rings. The molecule has 1 amide bonds. The number of carbonyl (C=O) groups excluding carboxylic acids is 1. The third-order valence-corrected chi connectivity index (χ3v) is 4.12. The lowest BCUT2D eigenvalue weighted by atomic mass is 10.1. The summed E-state index contributed by atoms with van der Waals surface area (Å²) in [4.78, 5) is 16.6. The summed E-state index contributed by atoms with van der Waals surface area (Å²) in [6, 6.07) is 8.88. The van der Waals surface area contributed by atoms with E-state index < -0.39 is 5.91 Å². The van der Waals surface area contributed by atoms with Gasteiger partial charge in [0.05, 0.1) is 30.4 Å². The van der Waals surface area contributed by atoms with Gasteiger partial charge in [-0.25, -0.2) is 4.98 Å². The molecule has 3 N–H and O–H groups in total. The van der Waals surface area contributed by atoms with Crippen molar-refractivity contribution in [2.45, 2.75) is 6.54 Å². The van der Waals surface area contributed by atoms with Crippen LogP contribution in [0.1, 0.15) is 16.2 Å². The molecule has 0 aliphatic carbocycles. The van der Waals surface area contributed by atoms with E-state index in [0.717, 1.165) is 10.6 Å². The summed E-state index contributed by atoms with van der Waals surface area (Å²) >= 11 is 1.59. The van der Waals surface area contributed by atoms with Crippen molar-refractivity contribution in [3.05, 3.63) is 53.4 Å². The fourth-order valence-electron chi connectivity index (χ4n) is 2.09. The van der Waals surface area contributed by atoms with Gasteiger partial charge >= 0.3 is 0 Å². The maximum atomic E-state index is 11.3. The molecule has 1 aromatic carbocycles. The van der Waals surface area contributed by atoms with Crippen molar-refractivity contribution in [3.63, 3.8) is 0 Å². The van der Waals surface area contributed by atoms with E-state index in [9.17, 15) is 4.79 Å². The summed E-state index contributed by atoms with van der Waals surface area (Å²) in [7, 11) is 1.56. The van der Waals surface area contributed by atoms with Crippen LogP contribution in [0.25, 0.3) is 10.6 Å². The minimum Gasteiger partial charge on any atom is -0.495 e. The van der Waals surface area contributed by atoms with Crippen LogP contribution in [0.15, 0.2) is 46.3 Å². The molecule has 118 valence electrons. The molecule has 0 bridgehead atoms. The number of rotatable bonds is 6. The van der Waals surface area contributed by atoms with Crippen molar-refractivity contribution >= 4 is 22.9 Å². The Hall–Kier alpha value is -2.80. The predicted octanol–water partition coefficient (Wildman–Crippen LogP) is 3.12. The molecule has 0 saturated carbocycles. The molecule has 0 radical (unpaired) electrons. The molecule has 6 nitrogen and oxygen atoms in total. The van der Waals surface area contributed by atoms with Crippen molar-refractivity contribution in [2.24, 2.45) is 5.73 Å². The van der Waals surface area contributed by atoms with Crippen LogP contribution in [0.3, 0.4) is 0 Å². The van der Waals surface area contributed by atoms with Crippen LogP contribution in [0, 0.1) is 0 Å². The second-order valence-corrected chi connectivity index (χ2v) is 5.68. The minimum absolute atomic E-state index is 0.365. The van der Waals surface area contributed by atoms with E-state index in [1.165, 1.54) is 0 Å². The maximum absolute atomic E-state index is 11.3. The molecule has 23 heavy (non-hydrogen) atoms. The Bertz CT molecular complexity index is 812. The maximum Gasteiger partial charge on any atom is 0.248 e. The molecule has 0 unspecified atom stereocenters. The zero-order valence-electron chi connectivity index (χ0n) is 12.4. The van der Waals surface area contributed by atoms with E-state index >= 15 is 0 Å². The van der Waals surface area contributed by atoms with Gasteiger partial charge < -0.3 is 20.2 Å². The molecule has 0 aliphatic rings. The highest BCUT2D eigenvalue weighted by Crippen LogP contribution is 2.28. The van der Waals surface area contributed by atoms with Gasteiger partial charge in [0.15, 0.2) is 5.76 Å². The number of ether oxygens (including phenoxy) is 1. The molecule has 0 saturated heterocycles. The van der Waals surface area contributed by atoms with Crippen molar-refractivity contribution in [1.29, 1.82) is 0 Å². The van der Waals surface area contributed by atoms with Gasteiger partial charge in [0.2, 0.25) is 11.8 Å². The highest BCUT2D eigenvalue weighted by atomic mass is 32.1. The van der Waals surface area contributed by atoms with Gasteiger partial charge in [-0.1, -0.05) is 6.07 Å². The summed E-state index contributed by atoms with van der Waals surface area (Å²) < 4.78 is 11.0. The number of oxazole rings is 1. The van der Waals surface area contributed by atoms with Gasteiger partial charge in [-0.15, -0.1) is 11.3 Å². The molecule has 2 heterocycles. The molecule has 0 atom stereocenters. The van der Waals surface area contributed by atoms with Gasteiger partial charge in [0.1, 0.15) is 5.75 Å². The Labute approximate surface area is 136 Å². The topological polar surface area (TPSA) is 90.4 Å². The Kier molecular flexibility index (Phi) is 4.29. The summed E-state index contributed by atoms with van der Waals surface area (Å²) in [5.74, 6) is 1.39. The number of nitrogens with zero attached hydrogens (tertiary/aromatic N) is 1. The number of aromatic nitrogens is 1. The first-order valence-electron chi connectivity index (χ1n) is 6.87. The molecule has 0 fully saturated rings. The third kappa shape index (κ3) is 3.35. The number of anilines is 1. The molecule has 0 aliphatic heterocycles. The second kappa shape index (κ2) is 6.53. The summed E-state index contributed by atoms with van der Waals surface area (Å²) in [6.07, 6.45) is 1.69. The molecular weight excluding hydrogens is 314 g/mol. The number of hydrogen-bond acceptors (Lipinski definition) is 6. The van der Waals surface area contributed by atoms with E-state index in [-0.39, 0.29) is 0 Å². The molecule has 7 heteroatoms. The molecular formula is C16H15N3O3S. The molecule has 0 spiro atoms. The van der Waals surface area contributed by atoms with E-state index in [4.69, 9.17) is 14.9 Å². The Balaban J connectivity index is 1.75. The number of benzene rings is 1. The van der Waals surface area contributed by atoms with Crippen LogP contribution in [0.2, 0.25) is 0 Å². The van der Waals surface area contributed by atoms with Crippen LogP contribution in [0.5, 0.6) is 5.75 Å². The van der Waals surface area contributed by atoms with E-state index in [2.05, 4.69) is 10.3 Å². The number of nitrogens with two attached hydrogens (primary N) is 1. The zero-order chi connectivity index (χ0) is 16.2. The van der Waals surface area contributed by atoms with Crippen molar-refractivity contribution in [2.75, 3.05) is 12.4 Å². The van der Waals surface area contributed by atoms with Gasteiger partial charge in [-0.3, -0.25) is 4.79 Å². The van der Waals surface area contributed by atoms with Crippen molar-refractivity contribution < 1.29 is 13.9 Å². The number of nitrogens with one attached hydrogen (secondary N) is 1. The van der Waals surface area contributed by atoms with E-state index in [1.54, 1.807) is 42.8 Å². The second-order valence-electron chi connectivity index (χ2n) is 4.73. The number of primary amides is 1. The summed E-state index contributed by atoms with van der Waals surface area (Å²) in [5, 5.41) is 5.13. The van der Waals surface area contributed by atoms with Gasteiger partial charge in [-0.2, -0.15) is 0 Å². The Morgan fingerprint density at radius 1 is 1.43 bits per heavy atom. The fourth-order valence-corrected chi connectivity index (χ4v) is 2.77. The minimum atomic E-state index is -0.494. The van der Waals surface area contributed by atoms with Gasteiger partial charge in [0.25, 0.3) is 0 Å². The van der Waals surface area contributed by atoms with Crippen LogP contribution < -0.4 is 15.8 Å². The number of hydrogen-bond donors (Lipinski definition) is 2. The van der Waals surface area contributed by atoms with Crippen molar-refractivity contribution in [3.8, 4) is 16.4 Å².